The van der Waals surface area contributed by atoms with Crippen molar-refractivity contribution in [2.24, 2.45) is 0 Å². The minimum atomic E-state index is -1.08. The minimum absolute atomic E-state index is 0.126. The number of esters is 1. The van der Waals surface area contributed by atoms with Crippen molar-refractivity contribution in [1.82, 2.24) is 4.90 Å². The molecule has 2 atom stereocenters. The lowest BCUT2D eigenvalue weighted by Crippen LogP contribution is -2.48. The van der Waals surface area contributed by atoms with Crippen LogP contribution in [0.5, 0.6) is 0 Å². The van der Waals surface area contributed by atoms with E-state index in [1.165, 1.54) is 0 Å². The summed E-state index contributed by atoms with van der Waals surface area (Å²) in [6.07, 6.45) is 0.370. The third-order valence-electron chi connectivity index (χ3n) is 5.02. The number of nitrogens with zero attached hydrogens (tertiary/aromatic N) is 1. The first-order valence-corrected chi connectivity index (χ1v) is 9.34. The predicted molar refractivity (Wildman–Crippen MR) is 102 cm³/mol. The lowest BCUT2D eigenvalue weighted by molar-refractivity contribution is -0.146. The SMILES string of the molecule is C[C@@H](c1ccccc1)N1C(=O)c2ccccc2[C@]12C/C(=C\I)OC2=O. The number of rotatable bonds is 2. The van der Waals surface area contributed by atoms with E-state index < -0.39 is 5.54 Å². The van der Waals surface area contributed by atoms with E-state index in [0.29, 0.717) is 17.7 Å². The summed E-state index contributed by atoms with van der Waals surface area (Å²) in [6.45, 7) is 1.96. The van der Waals surface area contributed by atoms with Crippen LogP contribution in [0.2, 0.25) is 0 Å². The van der Waals surface area contributed by atoms with Crippen LogP contribution in [0.25, 0.3) is 0 Å². The first-order valence-electron chi connectivity index (χ1n) is 8.09. The van der Waals surface area contributed by atoms with Crippen LogP contribution < -0.4 is 0 Å². The molecule has 4 nitrogen and oxygen atoms in total. The Labute approximate surface area is 159 Å². The zero-order chi connectivity index (χ0) is 17.6. The summed E-state index contributed by atoms with van der Waals surface area (Å²) in [4.78, 5) is 27.9. The molecule has 0 radical (unpaired) electrons. The van der Waals surface area contributed by atoms with Crippen molar-refractivity contribution in [2.75, 3.05) is 0 Å². The van der Waals surface area contributed by atoms with Crippen molar-refractivity contribution in [3.8, 4) is 0 Å². The van der Waals surface area contributed by atoms with Gasteiger partial charge in [0.25, 0.3) is 5.91 Å². The Hall–Kier alpha value is -2.15. The molecule has 5 heteroatoms. The molecule has 0 saturated carbocycles. The van der Waals surface area contributed by atoms with Crippen LogP contribution in [0, 0.1) is 0 Å². The van der Waals surface area contributed by atoms with Crippen molar-refractivity contribution >= 4 is 34.5 Å². The molecule has 1 amide bonds. The largest absolute Gasteiger partial charge is 0.428 e. The van der Waals surface area contributed by atoms with Gasteiger partial charge in [-0.05, 0) is 41.1 Å². The quantitative estimate of drug-likeness (QED) is 0.511. The molecule has 1 fully saturated rings. The Morgan fingerprint density at radius 2 is 1.80 bits per heavy atom. The number of hydrogen-bond acceptors (Lipinski definition) is 3. The van der Waals surface area contributed by atoms with Crippen molar-refractivity contribution < 1.29 is 14.3 Å². The number of carbonyl (C=O) groups is 2. The van der Waals surface area contributed by atoms with Gasteiger partial charge in [0.05, 0.1) is 6.04 Å². The standard InChI is InChI=1S/C20H16INO3/c1-13(14-7-3-2-4-8-14)22-18(23)16-9-5-6-10-17(16)20(22)11-15(12-21)25-19(20)24/h2-10,12-13H,11H2,1H3/b15-12+/t13-,20-/m0/s1. The Bertz CT molecular complexity index is 893. The van der Waals surface area contributed by atoms with Gasteiger partial charge in [0.2, 0.25) is 0 Å². The van der Waals surface area contributed by atoms with Crippen molar-refractivity contribution in [3.63, 3.8) is 0 Å². The highest BCUT2D eigenvalue weighted by molar-refractivity contribution is 14.1. The molecule has 0 bridgehead atoms. The topological polar surface area (TPSA) is 46.6 Å². The second-order valence-electron chi connectivity index (χ2n) is 6.31. The van der Waals surface area contributed by atoms with Crippen LogP contribution in [0.4, 0.5) is 0 Å². The van der Waals surface area contributed by atoms with Gasteiger partial charge in [0.1, 0.15) is 5.76 Å². The molecule has 1 spiro atoms. The Morgan fingerprint density at radius 3 is 2.48 bits per heavy atom. The van der Waals surface area contributed by atoms with E-state index in [0.717, 1.165) is 11.1 Å². The molecule has 2 aliphatic rings. The predicted octanol–water partition coefficient (Wildman–Crippen LogP) is 4.32. The van der Waals surface area contributed by atoms with E-state index in [9.17, 15) is 9.59 Å². The molecule has 1 saturated heterocycles. The van der Waals surface area contributed by atoms with Crippen LogP contribution in [0.1, 0.15) is 40.9 Å². The van der Waals surface area contributed by atoms with Crippen LogP contribution in [-0.4, -0.2) is 16.8 Å². The number of fused-ring (bicyclic) bond motifs is 2. The maximum atomic E-state index is 13.2. The molecule has 25 heavy (non-hydrogen) atoms. The van der Waals surface area contributed by atoms with E-state index in [4.69, 9.17) is 4.74 Å². The number of carbonyl (C=O) groups excluding carboxylic acids is 2. The summed E-state index contributed by atoms with van der Waals surface area (Å²) < 4.78 is 7.26. The molecule has 2 heterocycles. The van der Waals surface area contributed by atoms with Crippen molar-refractivity contribution in [2.45, 2.75) is 24.9 Å². The Morgan fingerprint density at radius 1 is 1.12 bits per heavy atom. The third kappa shape index (κ3) is 2.25. The number of ether oxygens (including phenoxy) is 1. The van der Waals surface area contributed by atoms with Crippen LogP contribution in [0.3, 0.4) is 0 Å². The molecule has 2 aromatic rings. The molecule has 0 aliphatic carbocycles. The molecule has 0 unspecified atom stereocenters. The van der Waals surface area contributed by atoms with Gasteiger partial charge in [-0.1, -0.05) is 48.5 Å². The van der Waals surface area contributed by atoms with Gasteiger partial charge in [-0.15, -0.1) is 0 Å². The average molecular weight is 445 g/mol. The zero-order valence-electron chi connectivity index (χ0n) is 13.6. The average Bonchev–Trinajstić information content (AvgIpc) is 3.11. The summed E-state index contributed by atoms with van der Waals surface area (Å²) in [6, 6.07) is 16.9. The highest BCUT2D eigenvalue weighted by Gasteiger charge is 2.61. The van der Waals surface area contributed by atoms with E-state index in [-0.39, 0.29) is 17.9 Å². The zero-order valence-corrected chi connectivity index (χ0v) is 15.8. The summed E-state index contributed by atoms with van der Waals surface area (Å²) >= 11 is 2.07. The highest BCUT2D eigenvalue weighted by atomic mass is 127. The van der Waals surface area contributed by atoms with E-state index in [2.05, 4.69) is 22.6 Å². The lowest BCUT2D eigenvalue weighted by Gasteiger charge is -2.36. The fourth-order valence-corrected chi connectivity index (χ4v) is 4.21. The van der Waals surface area contributed by atoms with E-state index >= 15 is 0 Å². The lowest BCUT2D eigenvalue weighted by atomic mass is 9.86. The van der Waals surface area contributed by atoms with Gasteiger partial charge in [0, 0.05) is 21.6 Å². The number of benzene rings is 2. The third-order valence-corrected chi connectivity index (χ3v) is 5.71. The first-order chi connectivity index (χ1) is 12.1. The molecule has 2 aliphatic heterocycles. The van der Waals surface area contributed by atoms with Crippen LogP contribution in [-0.2, 0) is 15.1 Å². The van der Waals surface area contributed by atoms with E-state index in [1.54, 1.807) is 15.0 Å². The van der Waals surface area contributed by atoms with Crippen LogP contribution >= 0.6 is 22.6 Å². The van der Waals surface area contributed by atoms with Gasteiger partial charge in [-0.3, -0.25) is 4.79 Å². The van der Waals surface area contributed by atoms with Gasteiger partial charge in [-0.2, -0.15) is 0 Å². The summed E-state index contributed by atoms with van der Waals surface area (Å²) in [5.41, 5.74) is 1.22. The molecular weight excluding hydrogens is 429 g/mol. The normalized spacial score (nSPS) is 24.7. The fraction of sp³-hybridized carbons (Fsp3) is 0.200. The first kappa shape index (κ1) is 16.3. The molecule has 2 aromatic carbocycles. The summed E-state index contributed by atoms with van der Waals surface area (Å²) in [7, 11) is 0. The molecule has 4 rings (SSSR count). The number of halogens is 1. The Balaban J connectivity index is 1.91. The second-order valence-corrected chi connectivity index (χ2v) is 6.93. The van der Waals surface area contributed by atoms with Crippen molar-refractivity contribution in [3.05, 3.63) is 81.1 Å². The van der Waals surface area contributed by atoms with Crippen molar-refractivity contribution in [1.29, 1.82) is 0 Å². The molecule has 126 valence electrons. The van der Waals surface area contributed by atoms with Gasteiger partial charge >= 0.3 is 5.97 Å². The summed E-state index contributed by atoms with van der Waals surface area (Å²) in [5.74, 6) is 0.0930. The maximum Gasteiger partial charge on any atom is 0.342 e. The second kappa shape index (κ2) is 5.98. The van der Waals surface area contributed by atoms with Gasteiger partial charge in [-0.25, -0.2) is 4.79 Å². The smallest absolute Gasteiger partial charge is 0.342 e. The minimum Gasteiger partial charge on any atom is -0.428 e. The number of cyclic esters (lactones) is 1. The van der Waals surface area contributed by atoms with Gasteiger partial charge in [0.15, 0.2) is 5.54 Å². The Kier molecular flexibility index (Phi) is 3.91. The molecule has 0 aromatic heterocycles. The van der Waals surface area contributed by atoms with E-state index in [1.807, 2.05) is 55.5 Å². The van der Waals surface area contributed by atoms with Gasteiger partial charge < -0.3 is 9.64 Å². The number of hydrogen-bond donors (Lipinski definition) is 0. The fourth-order valence-electron chi connectivity index (χ4n) is 3.86. The summed E-state index contributed by atoms with van der Waals surface area (Å²) in [5, 5.41) is 0. The maximum absolute atomic E-state index is 13.2. The number of amides is 1. The molecular formula is C20H16INO3. The monoisotopic (exact) mass is 445 g/mol. The molecule has 0 N–H and O–H groups in total. The highest BCUT2D eigenvalue weighted by Crippen LogP contribution is 2.52. The van der Waals surface area contributed by atoms with Crippen LogP contribution in [0.15, 0.2) is 64.4 Å².